The van der Waals surface area contributed by atoms with Gasteiger partial charge in [0, 0.05) is 11.8 Å². The maximum atomic E-state index is 8.55. The molecule has 1 unspecified atom stereocenters. The lowest BCUT2D eigenvalue weighted by molar-refractivity contribution is 0.202. The summed E-state index contributed by atoms with van der Waals surface area (Å²) < 4.78 is 6.13. The van der Waals surface area contributed by atoms with Gasteiger partial charge in [0.25, 0.3) is 0 Å². The Bertz CT molecular complexity index is 740. The topological polar surface area (TPSA) is 54.7 Å². The fourth-order valence-electron chi connectivity index (χ4n) is 2.28. The van der Waals surface area contributed by atoms with Crippen molar-refractivity contribution in [1.29, 1.82) is 0 Å². The van der Waals surface area contributed by atoms with Crippen LogP contribution in [-0.2, 0) is 6.42 Å². The van der Waals surface area contributed by atoms with Crippen molar-refractivity contribution in [2.45, 2.75) is 12.5 Å². The first kappa shape index (κ1) is 15.2. The highest BCUT2D eigenvalue weighted by molar-refractivity contribution is 7.07. The van der Waals surface area contributed by atoms with Crippen molar-refractivity contribution in [2.24, 2.45) is 5.16 Å². The summed E-state index contributed by atoms with van der Waals surface area (Å²) in [4.78, 5) is 4.40. The molecule has 0 spiro atoms. The molecule has 1 heterocycles. The number of thiazole rings is 1. The molecule has 0 aliphatic rings. The van der Waals surface area contributed by atoms with Gasteiger partial charge in [-0.1, -0.05) is 35.5 Å². The molecule has 4 nitrogen and oxygen atoms in total. The summed E-state index contributed by atoms with van der Waals surface area (Å²) in [5.74, 6) is 0.758. The van der Waals surface area contributed by atoms with E-state index in [0.29, 0.717) is 0 Å². The monoisotopic (exact) mass is 324 g/mol. The van der Waals surface area contributed by atoms with Crippen LogP contribution in [0.15, 0.2) is 70.6 Å². The Kier molecular flexibility index (Phi) is 5.01. The third kappa shape index (κ3) is 4.17. The first-order valence-electron chi connectivity index (χ1n) is 7.21. The van der Waals surface area contributed by atoms with Crippen molar-refractivity contribution < 1.29 is 9.94 Å². The molecule has 0 saturated heterocycles. The second-order valence-corrected chi connectivity index (χ2v) is 5.74. The standard InChI is InChI=1S/C18H16N2O2S/c21-20-11-15-6-8-16(9-7-15)22-18(17-12-23-13-19-17)10-14-4-2-1-3-5-14/h1-9,11-13,18,21H,10H2. The number of nitrogens with zero attached hydrogens (tertiary/aromatic N) is 2. The number of hydrogen-bond acceptors (Lipinski definition) is 5. The predicted octanol–water partition coefficient (Wildman–Crippen LogP) is 4.31. The lowest BCUT2D eigenvalue weighted by atomic mass is 10.1. The van der Waals surface area contributed by atoms with E-state index in [-0.39, 0.29) is 6.10 Å². The van der Waals surface area contributed by atoms with Gasteiger partial charge in [0.1, 0.15) is 11.9 Å². The molecule has 3 aromatic rings. The molecule has 3 rings (SSSR count). The molecule has 0 fully saturated rings. The minimum absolute atomic E-state index is 0.138. The number of oxime groups is 1. The summed E-state index contributed by atoms with van der Waals surface area (Å²) in [6.07, 6.45) is 2.00. The summed E-state index contributed by atoms with van der Waals surface area (Å²) in [6.45, 7) is 0. The summed E-state index contributed by atoms with van der Waals surface area (Å²) >= 11 is 1.56. The molecule has 2 aromatic carbocycles. The Morgan fingerprint density at radius 2 is 1.91 bits per heavy atom. The van der Waals surface area contributed by atoms with Gasteiger partial charge < -0.3 is 9.94 Å². The first-order chi connectivity index (χ1) is 11.3. The van der Waals surface area contributed by atoms with Crippen molar-refractivity contribution in [2.75, 3.05) is 0 Å². The Hall–Kier alpha value is -2.66. The van der Waals surface area contributed by atoms with Gasteiger partial charge in [0.2, 0.25) is 0 Å². The normalized spacial score (nSPS) is 12.3. The molecule has 0 amide bonds. The molecule has 116 valence electrons. The second-order valence-electron chi connectivity index (χ2n) is 5.02. The Morgan fingerprint density at radius 3 is 2.57 bits per heavy atom. The molecule has 0 radical (unpaired) electrons. The zero-order valence-corrected chi connectivity index (χ0v) is 13.2. The van der Waals surface area contributed by atoms with E-state index in [1.165, 1.54) is 11.8 Å². The van der Waals surface area contributed by atoms with E-state index >= 15 is 0 Å². The smallest absolute Gasteiger partial charge is 0.145 e. The van der Waals surface area contributed by atoms with Crippen LogP contribution in [0.3, 0.4) is 0 Å². The SMILES string of the molecule is ON=Cc1ccc(OC(Cc2ccccc2)c2cscn2)cc1. The van der Waals surface area contributed by atoms with Crippen molar-refractivity contribution in [3.05, 3.63) is 82.3 Å². The molecule has 0 aliphatic heterocycles. The van der Waals surface area contributed by atoms with Gasteiger partial charge in [-0.05, 0) is 35.4 Å². The maximum absolute atomic E-state index is 8.55. The molecule has 0 bridgehead atoms. The highest BCUT2D eigenvalue weighted by Gasteiger charge is 2.16. The predicted molar refractivity (Wildman–Crippen MR) is 91.5 cm³/mol. The largest absolute Gasteiger partial charge is 0.484 e. The van der Waals surface area contributed by atoms with Crippen LogP contribution in [0.5, 0.6) is 5.75 Å². The summed E-state index contributed by atoms with van der Waals surface area (Å²) in [5, 5.41) is 13.6. The molecule has 5 heteroatoms. The third-order valence-electron chi connectivity index (χ3n) is 3.41. The van der Waals surface area contributed by atoms with E-state index in [1.54, 1.807) is 11.3 Å². The van der Waals surface area contributed by atoms with Gasteiger partial charge in [-0.3, -0.25) is 0 Å². The summed E-state index contributed by atoms with van der Waals surface area (Å²) in [6, 6.07) is 17.6. The molecule has 23 heavy (non-hydrogen) atoms. The number of ether oxygens (including phenoxy) is 1. The Morgan fingerprint density at radius 1 is 1.13 bits per heavy atom. The van der Waals surface area contributed by atoms with Gasteiger partial charge in [-0.15, -0.1) is 11.3 Å². The van der Waals surface area contributed by atoms with Crippen LogP contribution in [0.4, 0.5) is 0 Å². The van der Waals surface area contributed by atoms with Gasteiger partial charge in [0.05, 0.1) is 17.4 Å². The average molecular weight is 324 g/mol. The summed E-state index contributed by atoms with van der Waals surface area (Å²) in [7, 11) is 0. The molecule has 0 aliphatic carbocycles. The van der Waals surface area contributed by atoms with E-state index in [4.69, 9.17) is 9.94 Å². The van der Waals surface area contributed by atoms with Crippen LogP contribution >= 0.6 is 11.3 Å². The van der Waals surface area contributed by atoms with Crippen LogP contribution in [-0.4, -0.2) is 16.4 Å². The molecule has 1 atom stereocenters. The minimum Gasteiger partial charge on any atom is -0.484 e. The number of aromatic nitrogens is 1. The molecular weight excluding hydrogens is 308 g/mol. The lowest BCUT2D eigenvalue weighted by Gasteiger charge is -2.18. The van der Waals surface area contributed by atoms with Crippen molar-refractivity contribution in [3.63, 3.8) is 0 Å². The third-order valence-corrected chi connectivity index (χ3v) is 4.02. The number of hydrogen-bond donors (Lipinski definition) is 1. The zero-order chi connectivity index (χ0) is 15.9. The highest BCUT2D eigenvalue weighted by atomic mass is 32.1. The van der Waals surface area contributed by atoms with Gasteiger partial charge in [-0.25, -0.2) is 4.98 Å². The number of rotatable bonds is 6. The van der Waals surface area contributed by atoms with E-state index in [1.807, 2.05) is 53.4 Å². The van der Waals surface area contributed by atoms with Gasteiger partial charge >= 0.3 is 0 Å². The molecule has 1 aromatic heterocycles. The average Bonchev–Trinajstić information content (AvgIpc) is 3.12. The zero-order valence-electron chi connectivity index (χ0n) is 12.4. The maximum Gasteiger partial charge on any atom is 0.145 e. The van der Waals surface area contributed by atoms with Crippen molar-refractivity contribution in [3.8, 4) is 5.75 Å². The van der Waals surface area contributed by atoms with Crippen LogP contribution in [0.25, 0.3) is 0 Å². The van der Waals surface area contributed by atoms with E-state index in [9.17, 15) is 0 Å². The van der Waals surface area contributed by atoms with Gasteiger partial charge in [-0.2, -0.15) is 0 Å². The van der Waals surface area contributed by atoms with E-state index < -0.39 is 0 Å². The molecular formula is C18H16N2O2S. The van der Waals surface area contributed by atoms with E-state index in [2.05, 4.69) is 22.3 Å². The Labute approximate surface area is 138 Å². The lowest BCUT2D eigenvalue weighted by Crippen LogP contribution is -2.11. The van der Waals surface area contributed by atoms with Crippen molar-refractivity contribution in [1.82, 2.24) is 4.98 Å². The molecule has 0 saturated carbocycles. The Balaban J connectivity index is 1.78. The minimum atomic E-state index is -0.138. The molecule has 1 N–H and O–H groups in total. The highest BCUT2D eigenvalue weighted by Crippen LogP contribution is 2.25. The second kappa shape index (κ2) is 7.56. The van der Waals surface area contributed by atoms with Crippen molar-refractivity contribution >= 4 is 17.6 Å². The van der Waals surface area contributed by atoms with Crippen LogP contribution in [0, 0.1) is 0 Å². The summed E-state index contributed by atoms with van der Waals surface area (Å²) in [5.41, 5.74) is 4.76. The van der Waals surface area contributed by atoms with Crippen LogP contribution in [0.1, 0.15) is 22.9 Å². The quantitative estimate of drug-likeness (QED) is 0.417. The van der Waals surface area contributed by atoms with Crippen LogP contribution < -0.4 is 4.74 Å². The fraction of sp³-hybridized carbons (Fsp3) is 0.111. The number of benzene rings is 2. The fourth-order valence-corrected chi connectivity index (χ4v) is 2.87. The first-order valence-corrected chi connectivity index (χ1v) is 8.15. The van der Waals surface area contributed by atoms with Crippen LogP contribution in [0.2, 0.25) is 0 Å². The van der Waals surface area contributed by atoms with Gasteiger partial charge in [0.15, 0.2) is 0 Å². The van der Waals surface area contributed by atoms with E-state index in [0.717, 1.165) is 23.4 Å².